The van der Waals surface area contributed by atoms with Gasteiger partial charge in [-0.2, -0.15) is 0 Å². The van der Waals surface area contributed by atoms with E-state index in [-0.39, 0.29) is 12.6 Å². The van der Waals surface area contributed by atoms with Crippen LogP contribution >= 0.6 is 23.2 Å². The highest BCUT2D eigenvalue weighted by atomic mass is 35.5. The Labute approximate surface area is 138 Å². The van der Waals surface area contributed by atoms with Gasteiger partial charge in [-0.3, -0.25) is 0 Å². The third kappa shape index (κ3) is 3.17. The summed E-state index contributed by atoms with van der Waals surface area (Å²) in [5.41, 5.74) is 0.929. The number of benzene rings is 2. The minimum absolute atomic E-state index is 0.0617. The maximum atomic E-state index is 9.64. The molecule has 0 aliphatic rings. The zero-order valence-corrected chi connectivity index (χ0v) is 13.1. The zero-order valence-electron chi connectivity index (χ0n) is 11.6. The van der Waals surface area contributed by atoms with Crippen LogP contribution in [0.15, 0.2) is 54.6 Å². The first-order valence-electron chi connectivity index (χ1n) is 6.85. The van der Waals surface area contributed by atoms with Gasteiger partial charge >= 0.3 is 0 Å². The number of aliphatic hydroxyl groups is 1. The van der Waals surface area contributed by atoms with E-state index in [4.69, 9.17) is 23.2 Å². The van der Waals surface area contributed by atoms with E-state index in [1.54, 1.807) is 12.1 Å². The monoisotopic (exact) mass is 332 g/mol. The topological polar surface area (TPSA) is 45.1 Å². The van der Waals surface area contributed by atoms with Crippen LogP contribution in [0.5, 0.6) is 0 Å². The number of pyridine rings is 1. The van der Waals surface area contributed by atoms with Crippen molar-refractivity contribution in [1.29, 1.82) is 0 Å². The number of nitrogens with zero attached hydrogens (tertiary/aromatic N) is 1. The molecule has 1 atom stereocenters. The molecule has 0 saturated heterocycles. The maximum absolute atomic E-state index is 9.64. The van der Waals surface area contributed by atoms with Gasteiger partial charge in [-0.15, -0.1) is 0 Å². The van der Waals surface area contributed by atoms with Crippen molar-refractivity contribution in [3.8, 4) is 0 Å². The highest BCUT2D eigenvalue weighted by Crippen LogP contribution is 2.27. The fraction of sp³-hybridized carbons (Fsp3) is 0.118. The van der Waals surface area contributed by atoms with E-state index in [9.17, 15) is 5.11 Å². The largest absolute Gasteiger partial charge is 0.394 e. The van der Waals surface area contributed by atoms with Crippen molar-refractivity contribution >= 4 is 39.8 Å². The first kappa shape index (κ1) is 15.1. The van der Waals surface area contributed by atoms with Gasteiger partial charge in [-0.25, -0.2) is 4.98 Å². The highest BCUT2D eigenvalue weighted by Gasteiger charge is 2.12. The normalized spacial score (nSPS) is 12.3. The van der Waals surface area contributed by atoms with E-state index in [2.05, 4.69) is 10.3 Å². The molecule has 112 valence electrons. The lowest BCUT2D eigenvalue weighted by Gasteiger charge is -2.18. The molecule has 3 nitrogen and oxygen atoms in total. The summed E-state index contributed by atoms with van der Waals surface area (Å²) in [4.78, 5) is 4.35. The van der Waals surface area contributed by atoms with Crippen molar-refractivity contribution in [1.82, 2.24) is 4.98 Å². The summed E-state index contributed by atoms with van der Waals surface area (Å²) in [6.45, 7) is -0.0617. The highest BCUT2D eigenvalue weighted by molar-refractivity contribution is 6.34. The van der Waals surface area contributed by atoms with Gasteiger partial charge in [0.25, 0.3) is 0 Å². The van der Waals surface area contributed by atoms with E-state index in [1.165, 1.54) is 0 Å². The van der Waals surface area contributed by atoms with Crippen molar-refractivity contribution in [2.45, 2.75) is 6.04 Å². The van der Waals surface area contributed by atoms with Crippen molar-refractivity contribution in [3.05, 3.63) is 70.3 Å². The fourth-order valence-corrected chi connectivity index (χ4v) is 2.73. The van der Waals surface area contributed by atoms with Crippen molar-refractivity contribution in [3.63, 3.8) is 0 Å². The number of aromatic nitrogens is 1. The fourth-order valence-electron chi connectivity index (χ4n) is 2.34. The van der Waals surface area contributed by atoms with E-state index in [1.807, 2.05) is 42.5 Å². The molecule has 22 heavy (non-hydrogen) atoms. The lowest BCUT2D eigenvalue weighted by molar-refractivity contribution is 0.276. The second-order valence-electron chi connectivity index (χ2n) is 4.95. The van der Waals surface area contributed by atoms with E-state index in [0.29, 0.717) is 16.0 Å². The lowest BCUT2D eigenvalue weighted by atomic mass is 10.1. The van der Waals surface area contributed by atoms with Crippen LogP contribution in [0.4, 0.5) is 5.82 Å². The van der Waals surface area contributed by atoms with Gasteiger partial charge in [0.15, 0.2) is 0 Å². The Morgan fingerprint density at radius 2 is 1.77 bits per heavy atom. The van der Waals surface area contributed by atoms with Crippen LogP contribution in [-0.2, 0) is 0 Å². The third-order valence-corrected chi connectivity index (χ3v) is 4.01. The van der Waals surface area contributed by atoms with Gasteiger partial charge in [0.1, 0.15) is 11.0 Å². The second kappa shape index (κ2) is 6.53. The lowest BCUT2D eigenvalue weighted by Crippen LogP contribution is -2.15. The number of fused-ring (bicyclic) bond motifs is 1. The number of aliphatic hydroxyl groups excluding tert-OH is 1. The van der Waals surface area contributed by atoms with E-state index >= 15 is 0 Å². The number of rotatable bonds is 4. The van der Waals surface area contributed by atoms with Crippen LogP contribution in [0.1, 0.15) is 11.6 Å². The Hall–Kier alpha value is -1.81. The second-order valence-corrected chi connectivity index (χ2v) is 5.74. The Kier molecular flexibility index (Phi) is 4.48. The molecule has 0 radical (unpaired) electrons. The predicted molar refractivity (Wildman–Crippen MR) is 91.7 cm³/mol. The smallest absolute Gasteiger partial charge is 0.139 e. The first-order valence-corrected chi connectivity index (χ1v) is 7.61. The predicted octanol–water partition coefficient (Wildman–Crippen LogP) is 4.69. The molecule has 1 aromatic heterocycles. The van der Waals surface area contributed by atoms with Crippen molar-refractivity contribution in [2.24, 2.45) is 0 Å². The van der Waals surface area contributed by atoms with Gasteiger partial charge in [0.05, 0.1) is 12.6 Å². The molecule has 0 fully saturated rings. The summed E-state index contributed by atoms with van der Waals surface area (Å²) >= 11 is 12.1. The number of halogens is 2. The molecule has 0 amide bonds. The standard InChI is InChI=1S/C17H14Cl2N2O/c18-13-7-5-11(6-8-13)15(10-22)20-16-9-12-3-1-2-4-14(12)17(19)21-16/h1-9,15,22H,10H2,(H,20,21). The summed E-state index contributed by atoms with van der Waals surface area (Å²) in [5, 5.41) is 15.8. The Balaban J connectivity index is 1.92. The average molecular weight is 333 g/mol. The first-order chi connectivity index (χ1) is 10.7. The summed E-state index contributed by atoms with van der Waals surface area (Å²) in [5.74, 6) is 0.623. The van der Waals surface area contributed by atoms with Crippen LogP contribution in [0, 0.1) is 0 Å². The van der Waals surface area contributed by atoms with Crippen LogP contribution in [0.3, 0.4) is 0 Å². The van der Waals surface area contributed by atoms with Gasteiger partial charge in [0, 0.05) is 10.4 Å². The quantitative estimate of drug-likeness (QED) is 0.681. The molecule has 2 N–H and O–H groups in total. The molecule has 3 rings (SSSR count). The van der Waals surface area contributed by atoms with Gasteiger partial charge in [-0.05, 0) is 29.1 Å². The van der Waals surface area contributed by atoms with Crippen LogP contribution < -0.4 is 5.32 Å². The molecule has 0 aliphatic heterocycles. The third-order valence-electron chi connectivity index (χ3n) is 3.47. The van der Waals surface area contributed by atoms with Crippen LogP contribution in [0.25, 0.3) is 10.8 Å². The molecule has 0 bridgehead atoms. The van der Waals surface area contributed by atoms with E-state index < -0.39 is 0 Å². The van der Waals surface area contributed by atoms with Crippen molar-refractivity contribution in [2.75, 3.05) is 11.9 Å². The van der Waals surface area contributed by atoms with Gasteiger partial charge < -0.3 is 10.4 Å². The number of hydrogen-bond acceptors (Lipinski definition) is 3. The molecule has 5 heteroatoms. The van der Waals surface area contributed by atoms with Crippen molar-refractivity contribution < 1.29 is 5.11 Å². The molecule has 1 unspecified atom stereocenters. The Bertz CT molecular complexity index is 790. The number of hydrogen-bond donors (Lipinski definition) is 2. The van der Waals surface area contributed by atoms with Gasteiger partial charge in [-0.1, -0.05) is 59.6 Å². The molecule has 0 aliphatic carbocycles. The molecular weight excluding hydrogens is 319 g/mol. The van der Waals surface area contributed by atoms with E-state index in [0.717, 1.165) is 16.3 Å². The Morgan fingerprint density at radius 3 is 2.50 bits per heavy atom. The summed E-state index contributed by atoms with van der Waals surface area (Å²) < 4.78 is 0. The van der Waals surface area contributed by atoms with Crippen LogP contribution in [-0.4, -0.2) is 16.7 Å². The number of anilines is 1. The Morgan fingerprint density at radius 1 is 1.05 bits per heavy atom. The maximum Gasteiger partial charge on any atom is 0.139 e. The molecule has 0 saturated carbocycles. The molecule has 1 heterocycles. The van der Waals surface area contributed by atoms with Crippen LogP contribution in [0.2, 0.25) is 10.2 Å². The summed E-state index contributed by atoms with van der Waals surface area (Å²) in [6.07, 6.45) is 0. The molecular formula is C17H14Cl2N2O. The van der Waals surface area contributed by atoms with Gasteiger partial charge in [0.2, 0.25) is 0 Å². The number of nitrogens with one attached hydrogen (secondary N) is 1. The summed E-state index contributed by atoms with van der Waals surface area (Å²) in [6, 6.07) is 16.8. The molecule has 3 aromatic rings. The molecule has 2 aromatic carbocycles. The zero-order chi connectivity index (χ0) is 15.5. The minimum Gasteiger partial charge on any atom is -0.394 e. The SMILES string of the molecule is OCC(Nc1cc2ccccc2c(Cl)n1)c1ccc(Cl)cc1. The molecule has 0 spiro atoms. The minimum atomic E-state index is -0.276. The summed E-state index contributed by atoms with van der Waals surface area (Å²) in [7, 11) is 0. The average Bonchev–Trinajstić information content (AvgIpc) is 2.54.